The van der Waals surface area contributed by atoms with Crippen LogP contribution in [0.2, 0.25) is 0 Å². The number of benzene rings is 1. The van der Waals surface area contributed by atoms with E-state index in [1.807, 2.05) is 18.2 Å². The summed E-state index contributed by atoms with van der Waals surface area (Å²) in [6.07, 6.45) is 4.40. The van der Waals surface area contributed by atoms with E-state index in [0.717, 1.165) is 29.8 Å². The Morgan fingerprint density at radius 3 is 2.74 bits per heavy atom. The standard InChI is InChI=1S/C18H15N3O2/c22-11-15(23)14-10-12-5-6-16(21-8-1-2-9-21)20-17(12)18-13(14)4-3-7-19-18/h3-7,10-11H,1-2,8-9H2. The second-order valence-electron chi connectivity index (χ2n) is 5.74. The van der Waals surface area contributed by atoms with Crippen molar-refractivity contribution in [1.29, 1.82) is 0 Å². The van der Waals surface area contributed by atoms with E-state index in [2.05, 4.69) is 9.88 Å². The van der Waals surface area contributed by atoms with Crippen molar-refractivity contribution < 1.29 is 9.59 Å². The number of hydrogen-bond acceptors (Lipinski definition) is 5. The third kappa shape index (κ3) is 2.25. The molecule has 1 aliphatic rings. The van der Waals surface area contributed by atoms with Crippen molar-refractivity contribution in [2.75, 3.05) is 18.0 Å². The van der Waals surface area contributed by atoms with Crippen LogP contribution in [0.25, 0.3) is 21.8 Å². The first kappa shape index (κ1) is 13.8. The van der Waals surface area contributed by atoms with Crippen LogP contribution in [-0.2, 0) is 4.79 Å². The van der Waals surface area contributed by atoms with Gasteiger partial charge in [0.1, 0.15) is 5.82 Å². The van der Waals surface area contributed by atoms with Crippen LogP contribution in [0.15, 0.2) is 36.5 Å². The van der Waals surface area contributed by atoms with E-state index >= 15 is 0 Å². The Morgan fingerprint density at radius 2 is 1.96 bits per heavy atom. The molecule has 3 aromatic rings. The topological polar surface area (TPSA) is 63.2 Å². The van der Waals surface area contributed by atoms with Gasteiger partial charge >= 0.3 is 0 Å². The van der Waals surface area contributed by atoms with Crippen LogP contribution in [0, 0.1) is 0 Å². The highest BCUT2D eigenvalue weighted by atomic mass is 16.2. The first-order chi connectivity index (χ1) is 11.3. The molecule has 0 radical (unpaired) electrons. The number of fused-ring (bicyclic) bond motifs is 3. The molecule has 0 saturated carbocycles. The molecule has 2 aromatic heterocycles. The molecule has 5 nitrogen and oxygen atoms in total. The molecule has 3 heterocycles. The van der Waals surface area contributed by atoms with Crippen molar-refractivity contribution in [3.05, 3.63) is 42.1 Å². The van der Waals surface area contributed by atoms with E-state index in [1.54, 1.807) is 18.3 Å². The number of hydrogen-bond donors (Lipinski definition) is 0. The molecule has 0 unspecified atom stereocenters. The van der Waals surface area contributed by atoms with Gasteiger partial charge in [-0.05, 0) is 37.1 Å². The number of anilines is 1. The van der Waals surface area contributed by atoms with Gasteiger partial charge in [-0.1, -0.05) is 6.07 Å². The molecular weight excluding hydrogens is 290 g/mol. The lowest BCUT2D eigenvalue weighted by molar-refractivity contribution is -0.104. The maximum atomic E-state index is 11.9. The fraction of sp³-hybridized carbons (Fsp3) is 0.222. The van der Waals surface area contributed by atoms with E-state index in [4.69, 9.17) is 4.98 Å². The van der Waals surface area contributed by atoms with Crippen LogP contribution in [0.3, 0.4) is 0 Å². The predicted molar refractivity (Wildman–Crippen MR) is 88.9 cm³/mol. The number of nitrogens with zero attached hydrogens (tertiary/aromatic N) is 3. The molecule has 4 rings (SSSR count). The van der Waals surface area contributed by atoms with Crippen molar-refractivity contribution in [2.45, 2.75) is 12.8 Å². The molecule has 0 spiro atoms. The van der Waals surface area contributed by atoms with E-state index in [-0.39, 0.29) is 0 Å². The summed E-state index contributed by atoms with van der Waals surface area (Å²) in [5.74, 6) is 0.407. The maximum absolute atomic E-state index is 11.9. The Balaban J connectivity index is 2.00. The van der Waals surface area contributed by atoms with Crippen LogP contribution in [0.5, 0.6) is 0 Å². The highest BCUT2D eigenvalue weighted by Crippen LogP contribution is 2.29. The average Bonchev–Trinajstić information content (AvgIpc) is 3.14. The van der Waals surface area contributed by atoms with Crippen molar-refractivity contribution in [3.8, 4) is 0 Å². The Bertz CT molecular complexity index is 930. The number of carbonyl (C=O) groups is 2. The third-order valence-corrected chi connectivity index (χ3v) is 4.34. The number of rotatable bonds is 3. The van der Waals surface area contributed by atoms with Crippen molar-refractivity contribution >= 4 is 39.7 Å². The van der Waals surface area contributed by atoms with Gasteiger partial charge in [-0.3, -0.25) is 14.6 Å². The van der Waals surface area contributed by atoms with Gasteiger partial charge in [0.2, 0.25) is 5.78 Å². The molecule has 1 fully saturated rings. The van der Waals surface area contributed by atoms with Crippen molar-refractivity contribution in [1.82, 2.24) is 9.97 Å². The molecule has 1 aliphatic heterocycles. The molecule has 0 N–H and O–H groups in total. The molecule has 5 heteroatoms. The second-order valence-corrected chi connectivity index (χ2v) is 5.74. The van der Waals surface area contributed by atoms with Crippen LogP contribution in [0.1, 0.15) is 23.2 Å². The Morgan fingerprint density at radius 1 is 1.13 bits per heavy atom. The number of pyridine rings is 2. The van der Waals surface area contributed by atoms with Gasteiger partial charge in [0.25, 0.3) is 0 Å². The molecule has 0 aliphatic carbocycles. The van der Waals surface area contributed by atoms with Crippen LogP contribution in [0.4, 0.5) is 5.82 Å². The quantitative estimate of drug-likeness (QED) is 0.322. The zero-order valence-corrected chi connectivity index (χ0v) is 12.5. The minimum Gasteiger partial charge on any atom is -0.357 e. The first-order valence-electron chi connectivity index (χ1n) is 7.71. The minimum absolute atomic E-state index is 0.347. The second kappa shape index (κ2) is 5.43. The van der Waals surface area contributed by atoms with Gasteiger partial charge in [-0.25, -0.2) is 4.98 Å². The summed E-state index contributed by atoms with van der Waals surface area (Å²) in [5.41, 5.74) is 1.81. The summed E-state index contributed by atoms with van der Waals surface area (Å²) >= 11 is 0. The number of aldehydes is 1. The molecular formula is C18H15N3O2. The summed E-state index contributed by atoms with van der Waals surface area (Å²) in [6, 6.07) is 9.23. The summed E-state index contributed by atoms with van der Waals surface area (Å²) < 4.78 is 0. The highest BCUT2D eigenvalue weighted by molar-refractivity contribution is 6.37. The molecule has 0 atom stereocenters. The van der Waals surface area contributed by atoms with Crippen LogP contribution < -0.4 is 4.90 Å². The van der Waals surface area contributed by atoms with Gasteiger partial charge in [-0.15, -0.1) is 0 Å². The lowest BCUT2D eigenvalue weighted by Gasteiger charge is -2.17. The van der Waals surface area contributed by atoms with Crippen LogP contribution in [-0.4, -0.2) is 35.1 Å². The van der Waals surface area contributed by atoms with E-state index < -0.39 is 5.78 Å². The smallest absolute Gasteiger partial charge is 0.226 e. The first-order valence-corrected chi connectivity index (χ1v) is 7.71. The summed E-state index contributed by atoms with van der Waals surface area (Å²) in [5, 5.41) is 1.49. The van der Waals surface area contributed by atoms with E-state index in [0.29, 0.717) is 22.8 Å². The summed E-state index contributed by atoms with van der Waals surface area (Å²) in [4.78, 5) is 34.3. The molecule has 1 aromatic carbocycles. The normalized spacial score (nSPS) is 14.5. The zero-order valence-electron chi connectivity index (χ0n) is 12.5. The van der Waals surface area contributed by atoms with Gasteiger partial charge < -0.3 is 4.90 Å². The van der Waals surface area contributed by atoms with Crippen molar-refractivity contribution in [2.24, 2.45) is 0 Å². The molecule has 114 valence electrons. The average molecular weight is 305 g/mol. The Kier molecular flexibility index (Phi) is 3.26. The third-order valence-electron chi connectivity index (χ3n) is 4.34. The molecule has 1 saturated heterocycles. The number of aromatic nitrogens is 2. The SMILES string of the molecule is O=CC(=O)c1cc2ccc(N3CCCC3)nc2c2ncccc12. The Labute approximate surface area is 133 Å². The van der Waals surface area contributed by atoms with Gasteiger partial charge in [0, 0.05) is 35.6 Å². The molecule has 0 amide bonds. The monoisotopic (exact) mass is 305 g/mol. The van der Waals surface area contributed by atoms with Crippen molar-refractivity contribution in [3.63, 3.8) is 0 Å². The molecule has 23 heavy (non-hydrogen) atoms. The van der Waals surface area contributed by atoms with Gasteiger partial charge in [0.15, 0.2) is 6.29 Å². The minimum atomic E-state index is -0.534. The Hall–Kier alpha value is -2.82. The zero-order chi connectivity index (χ0) is 15.8. The van der Waals surface area contributed by atoms with E-state index in [1.165, 1.54) is 12.8 Å². The number of Topliss-reactive ketones (excluding diaryl/α,β-unsaturated/α-hetero) is 1. The van der Waals surface area contributed by atoms with Crippen LogP contribution >= 0.6 is 0 Å². The maximum Gasteiger partial charge on any atom is 0.226 e. The summed E-state index contributed by atoms with van der Waals surface area (Å²) in [6.45, 7) is 2.04. The number of ketones is 1. The lowest BCUT2D eigenvalue weighted by atomic mass is 10.0. The fourth-order valence-electron chi connectivity index (χ4n) is 3.20. The van der Waals surface area contributed by atoms with Gasteiger partial charge in [-0.2, -0.15) is 0 Å². The van der Waals surface area contributed by atoms with E-state index in [9.17, 15) is 9.59 Å². The lowest BCUT2D eigenvalue weighted by Crippen LogP contribution is -2.18. The fourth-order valence-corrected chi connectivity index (χ4v) is 3.20. The highest BCUT2D eigenvalue weighted by Gasteiger charge is 2.17. The molecule has 0 bridgehead atoms. The summed E-state index contributed by atoms with van der Waals surface area (Å²) in [7, 11) is 0. The predicted octanol–water partition coefficient (Wildman–Crippen LogP) is 2.76. The van der Waals surface area contributed by atoms with Gasteiger partial charge in [0.05, 0.1) is 11.0 Å². The number of carbonyl (C=O) groups excluding carboxylic acids is 2. The largest absolute Gasteiger partial charge is 0.357 e.